The van der Waals surface area contributed by atoms with E-state index in [-0.39, 0.29) is 23.7 Å². The number of carbonyl (C=O) groups is 2. The van der Waals surface area contributed by atoms with Gasteiger partial charge in [0.1, 0.15) is 5.00 Å². The first-order valence-corrected chi connectivity index (χ1v) is 12.7. The summed E-state index contributed by atoms with van der Waals surface area (Å²) in [5.41, 5.74) is 2.38. The van der Waals surface area contributed by atoms with E-state index in [1.54, 1.807) is 31.2 Å². The highest BCUT2D eigenvalue weighted by Gasteiger charge is 2.27. The third-order valence-electron chi connectivity index (χ3n) is 5.13. The fourth-order valence-corrected chi connectivity index (χ4v) is 6.06. The monoisotopic (exact) mass is 449 g/mol. The molecule has 0 fully saturated rings. The van der Waals surface area contributed by atoms with E-state index in [1.165, 1.54) is 11.3 Å². The lowest BCUT2D eigenvalue weighted by Crippen LogP contribution is -2.19. The van der Waals surface area contributed by atoms with Crippen LogP contribution in [-0.4, -0.2) is 32.7 Å². The standard InChI is InChI=1S/C22H27NO5S2/c1-3-28-22(25)20-17-7-5-4-6-8-18(17)29-21(20)23-19(24)13-14-30(26,27)16-11-9-15(2)10-12-16/h9-12H,3-8,13-14H2,1-2H3,(H,23,24). The normalized spacial score (nSPS) is 13.9. The van der Waals surface area contributed by atoms with Gasteiger partial charge in [-0.3, -0.25) is 4.79 Å². The molecule has 0 atom stereocenters. The molecule has 0 saturated heterocycles. The highest BCUT2D eigenvalue weighted by atomic mass is 32.2. The van der Waals surface area contributed by atoms with E-state index in [0.29, 0.717) is 10.6 Å². The predicted octanol–water partition coefficient (Wildman–Crippen LogP) is 4.30. The zero-order chi connectivity index (χ0) is 21.7. The lowest BCUT2D eigenvalue weighted by molar-refractivity contribution is -0.115. The molecule has 162 valence electrons. The molecular formula is C22H27NO5S2. The first kappa shape index (κ1) is 22.5. The average molecular weight is 450 g/mol. The summed E-state index contributed by atoms with van der Waals surface area (Å²) in [6.45, 7) is 3.89. The quantitative estimate of drug-likeness (QED) is 0.503. The summed E-state index contributed by atoms with van der Waals surface area (Å²) in [4.78, 5) is 26.4. The number of benzene rings is 1. The van der Waals surface area contributed by atoms with Crippen molar-refractivity contribution in [2.45, 2.75) is 57.3 Å². The molecule has 1 heterocycles. The van der Waals surface area contributed by atoms with Crippen molar-refractivity contribution < 1.29 is 22.7 Å². The van der Waals surface area contributed by atoms with Gasteiger partial charge in [-0.2, -0.15) is 0 Å². The van der Waals surface area contributed by atoms with Gasteiger partial charge in [-0.05, 0) is 57.2 Å². The fraction of sp³-hybridized carbons (Fsp3) is 0.455. The highest BCUT2D eigenvalue weighted by Crippen LogP contribution is 2.38. The highest BCUT2D eigenvalue weighted by molar-refractivity contribution is 7.91. The molecular weight excluding hydrogens is 422 g/mol. The van der Waals surface area contributed by atoms with E-state index in [0.717, 1.165) is 48.1 Å². The molecule has 6 nitrogen and oxygen atoms in total. The Kier molecular flexibility index (Phi) is 7.31. The van der Waals surface area contributed by atoms with Crippen LogP contribution < -0.4 is 5.32 Å². The van der Waals surface area contributed by atoms with Crippen LogP contribution in [0.5, 0.6) is 0 Å². The lowest BCUT2D eigenvalue weighted by atomic mass is 10.1. The van der Waals surface area contributed by atoms with Crippen LogP contribution in [0.1, 0.15) is 59.0 Å². The first-order chi connectivity index (χ1) is 14.3. The zero-order valence-electron chi connectivity index (χ0n) is 17.3. The Hall–Kier alpha value is -2.19. The molecule has 1 aliphatic rings. The lowest BCUT2D eigenvalue weighted by Gasteiger charge is -2.09. The van der Waals surface area contributed by atoms with Crippen LogP contribution >= 0.6 is 11.3 Å². The molecule has 2 aromatic rings. The van der Waals surface area contributed by atoms with E-state index in [1.807, 2.05) is 6.92 Å². The van der Waals surface area contributed by atoms with Crippen LogP contribution in [0.3, 0.4) is 0 Å². The van der Waals surface area contributed by atoms with Gasteiger partial charge >= 0.3 is 5.97 Å². The summed E-state index contributed by atoms with van der Waals surface area (Å²) in [6, 6.07) is 6.57. The SMILES string of the molecule is CCOC(=O)c1c(NC(=O)CCS(=O)(=O)c2ccc(C)cc2)sc2c1CCCCC2. The molecule has 30 heavy (non-hydrogen) atoms. The zero-order valence-corrected chi connectivity index (χ0v) is 19.0. The maximum Gasteiger partial charge on any atom is 0.341 e. The fourth-order valence-electron chi connectivity index (χ4n) is 3.53. The van der Waals surface area contributed by atoms with E-state index in [4.69, 9.17) is 4.74 Å². The van der Waals surface area contributed by atoms with Gasteiger partial charge in [0.15, 0.2) is 9.84 Å². The summed E-state index contributed by atoms with van der Waals surface area (Å²) in [7, 11) is -3.56. The van der Waals surface area contributed by atoms with Crippen molar-refractivity contribution in [1.82, 2.24) is 0 Å². The van der Waals surface area contributed by atoms with Gasteiger partial charge in [0.25, 0.3) is 0 Å². The number of hydrogen-bond donors (Lipinski definition) is 1. The maximum atomic E-state index is 12.6. The van der Waals surface area contributed by atoms with Crippen LogP contribution in [0.25, 0.3) is 0 Å². The largest absolute Gasteiger partial charge is 0.462 e. The van der Waals surface area contributed by atoms with Gasteiger partial charge in [-0.25, -0.2) is 13.2 Å². The van der Waals surface area contributed by atoms with Gasteiger partial charge in [-0.15, -0.1) is 11.3 Å². The minimum Gasteiger partial charge on any atom is -0.462 e. The molecule has 0 aliphatic heterocycles. The van der Waals surface area contributed by atoms with Crippen LogP contribution in [-0.2, 0) is 32.2 Å². The average Bonchev–Trinajstić information content (AvgIpc) is 2.87. The number of esters is 1. The molecule has 8 heteroatoms. The van der Waals surface area contributed by atoms with Crippen molar-refractivity contribution in [1.29, 1.82) is 0 Å². The molecule has 0 radical (unpaired) electrons. The smallest absolute Gasteiger partial charge is 0.341 e. The Morgan fingerprint density at radius 1 is 1.10 bits per heavy atom. The minimum absolute atomic E-state index is 0.180. The third-order valence-corrected chi connectivity index (χ3v) is 8.07. The van der Waals surface area contributed by atoms with E-state index in [2.05, 4.69) is 5.32 Å². The summed E-state index contributed by atoms with van der Waals surface area (Å²) < 4.78 is 30.2. The number of thiophene rings is 1. The number of hydrogen-bond acceptors (Lipinski definition) is 6. The van der Waals surface area contributed by atoms with Crippen molar-refractivity contribution in [3.8, 4) is 0 Å². The van der Waals surface area contributed by atoms with Crippen molar-refractivity contribution in [2.75, 3.05) is 17.7 Å². The van der Waals surface area contributed by atoms with Gasteiger partial charge < -0.3 is 10.1 Å². The van der Waals surface area contributed by atoms with Gasteiger partial charge in [0.2, 0.25) is 5.91 Å². The van der Waals surface area contributed by atoms with Crippen LogP contribution in [0.2, 0.25) is 0 Å². The number of rotatable bonds is 7. The molecule has 1 N–H and O–H groups in total. The maximum absolute atomic E-state index is 12.6. The molecule has 1 aliphatic carbocycles. The molecule has 0 unspecified atom stereocenters. The molecule has 0 spiro atoms. The molecule has 0 saturated carbocycles. The number of nitrogens with one attached hydrogen (secondary N) is 1. The summed E-state index contributed by atoms with van der Waals surface area (Å²) in [6.07, 6.45) is 4.65. The number of fused-ring (bicyclic) bond motifs is 1. The second-order valence-corrected chi connectivity index (χ2v) is 10.6. The Bertz CT molecular complexity index is 1020. The number of amides is 1. The summed E-state index contributed by atoms with van der Waals surface area (Å²) in [5.74, 6) is -1.14. The number of anilines is 1. The predicted molar refractivity (Wildman–Crippen MR) is 118 cm³/mol. The first-order valence-electron chi connectivity index (χ1n) is 10.2. The van der Waals surface area contributed by atoms with E-state index < -0.39 is 21.7 Å². The third kappa shape index (κ3) is 5.29. The number of aryl methyl sites for hydroxylation is 2. The minimum atomic E-state index is -3.56. The second kappa shape index (κ2) is 9.75. The molecule has 1 aromatic heterocycles. The van der Waals surface area contributed by atoms with E-state index in [9.17, 15) is 18.0 Å². The van der Waals surface area contributed by atoms with Crippen molar-refractivity contribution in [3.63, 3.8) is 0 Å². The Morgan fingerprint density at radius 2 is 1.80 bits per heavy atom. The van der Waals surface area contributed by atoms with Crippen LogP contribution in [0.4, 0.5) is 5.00 Å². The Labute approximate surface area is 181 Å². The topological polar surface area (TPSA) is 89.5 Å². The van der Waals surface area contributed by atoms with Gasteiger partial charge in [0.05, 0.1) is 22.8 Å². The summed E-state index contributed by atoms with van der Waals surface area (Å²) in [5, 5.41) is 3.25. The summed E-state index contributed by atoms with van der Waals surface area (Å²) >= 11 is 1.41. The number of carbonyl (C=O) groups excluding carboxylic acids is 2. The Balaban J connectivity index is 1.74. The molecule has 1 amide bonds. The molecule has 0 bridgehead atoms. The van der Waals surface area contributed by atoms with Crippen LogP contribution in [0, 0.1) is 6.92 Å². The van der Waals surface area contributed by atoms with Crippen molar-refractivity contribution in [3.05, 3.63) is 45.8 Å². The van der Waals surface area contributed by atoms with Gasteiger partial charge in [-0.1, -0.05) is 24.1 Å². The molecule has 3 rings (SSSR count). The Morgan fingerprint density at radius 3 is 2.50 bits per heavy atom. The van der Waals surface area contributed by atoms with E-state index >= 15 is 0 Å². The van der Waals surface area contributed by atoms with Crippen molar-refractivity contribution >= 4 is 38.1 Å². The number of ether oxygens (including phenoxy) is 1. The number of sulfone groups is 1. The van der Waals surface area contributed by atoms with Crippen LogP contribution in [0.15, 0.2) is 29.2 Å². The molecule has 1 aromatic carbocycles. The van der Waals surface area contributed by atoms with Gasteiger partial charge in [0, 0.05) is 11.3 Å². The second-order valence-electron chi connectivity index (χ2n) is 7.42. The van der Waals surface area contributed by atoms with Crippen molar-refractivity contribution in [2.24, 2.45) is 0 Å².